The Hall–Kier alpha value is -2.81. The summed E-state index contributed by atoms with van der Waals surface area (Å²) in [5.74, 6) is 0.145. The molecule has 0 atom stereocenters. The van der Waals surface area contributed by atoms with Gasteiger partial charge in [-0.25, -0.2) is 4.79 Å². The van der Waals surface area contributed by atoms with Gasteiger partial charge in [-0.3, -0.25) is 4.79 Å². The number of methoxy groups -OCH3 is 3. The van der Waals surface area contributed by atoms with Gasteiger partial charge in [0.05, 0.1) is 25.8 Å². The maximum Gasteiger partial charge on any atom is 0.341 e. The molecule has 0 radical (unpaired) electrons. The fourth-order valence-corrected chi connectivity index (χ4v) is 5.16. The van der Waals surface area contributed by atoms with E-state index in [-0.39, 0.29) is 5.56 Å². The summed E-state index contributed by atoms with van der Waals surface area (Å²) in [7, 11) is 4.39. The molecule has 6 nitrogen and oxygen atoms in total. The number of ether oxygens (including phenoxy) is 3. The van der Waals surface area contributed by atoms with Gasteiger partial charge in [0.15, 0.2) is 11.5 Å². The minimum Gasteiger partial charge on any atom is -0.493 e. The van der Waals surface area contributed by atoms with Gasteiger partial charge in [0.1, 0.15) is 10.6 Å². The van der Waals surface area contributed by atoms with Crippen molar-refractivity contribution in [2.45, 2.75) is 6.92 Å². The predicted octanol–water partition coefficient (Wildman–Crippen LogP) is 6.60. The topological polar surface area (TPSA) is 73.9 Å². The van der Waals surface area contributed by atoms with Crippen LogP contribution in [0.1, 0.15) is 20.8 Å². The molecule has 3 aromatic rings. The van der Waals surface area contributed by atoms with Gasteiger partial charge in [-0.1, -0.05) is 23.7 Å². The average molecular weight is 551 g/mol. The molecule has 1 heterocycles. The van der Waals surface area contributed by atoms with Crippen LogP contribution in [0.15, 0.2) is 46.9 Å². The Morgan fingerprint density at radius 2 is 1.88 bits per heavy atom. The number of thiophene rings is 1. The van der Waals surface area contributed by atoms with E-state index in [0.29, 0.717) is 31.6 Å². The first-order chi connectivity index (χ1) is 15.8. The van der Waals surface area contributed by atoms with Crippen LogP contribution in [-0.2, 0) is 9.53 Å². The SMILES string of the molecule is COC(=O)c1c(NC(=O)/C=C/c2cc(Br)c(OC)c(OC)c2)sc(C)c1-c1cccc(Cl)c1. The minimum absolute atomic E-state index is 0.290. The fraction of sp³-hybridized carbons (Fsp3) is 0.167. The molecule has 0 spiro atoms. The monoisotopic (exact) mass is 549 g/mol. The first kappa shape index (κ1) is 24.8. The molecule has 0 unspecified atom stereocenters. The molecule has 1 aromatic heterocycles. The highest BCUT2D eigenvalue weighted by Crippen LogP contribution is 2.41. The summed E-state index contributed by atoms with van der Waals surface area (Å²) in [5, 5.41) is 3.74. The summed E-state index contributed by atoms with van der Waals surface area (Å²) in [6.07, 6.45) is 3.01. The second-order valence-corrected chi connectivity index (χ2v) is 9.32. The van der Waals surface area contributed by atoms with Crippen LogP contribution in [0.4, 0.5) is 5.00 Å². The molecule has 0 fully saturated rings. The lowest BCUT2D eigenvalue weighted by Crippen LogP contribution is -2.11. The highest BCUT2D eigenvalue weighted by molar-refractivity contribution is 9.10. The summed E-state index contributed by atoms with van der Waals surface area (Å²) in [6, 6.07) is 10.7. The Morgan fingerprint density at radius 3 is 2.52 bits per heavy atom. The molecule has 0 aliphatic rings. The van der Waals surface area contributed by atoms with E-state index in [1.54, 1.807) is 43.5 Å². The third-order valence-electron chi connectivity index (χ3n) is 4.71. The average Bonchev–Trinajstić information content (AvgIpc) is 3.11. The predicted molar refractivity (Wildman–Crippen MR) is 136 cm³/mol. The summed E-state index contributed by atoms with van der Waals surface area (Å²) in [4.78, 5) is 26.1. The van der Waals surface area contributed by atoms with Crippen LogP contribution < -0.4 is 14.8 Å². The number of carbonyl (C=O) groups is 2. The van der Waals surface area contributed by atoms with Crippen molar-refractivity contribution in [3.8, 4) is 22.6 Å². The Morgan fingerprint density at radius 1 is 1.12 bits per heavy atom. The van der Waals surface area contributed by atoms with E-state index in [1.165, 1.54) is 31.6 Å². The van der Waals surface area contributed by atoms with Crippen molar-refractivity contribution in [2.24, 2.45) is 0 Å². The number of hydrogen-bond donors (Lipinski definition) is 1. The number of hydrogen-bond acceptors (Lipinski definition) is 6. The van der Waals surface area contributed by atoms with E-state index in [4.69, 9.17) is 25.8 Å². The van der Waals surface area contributed by atoms with E-state index in [1.807, 2.05) is 13.0 Å². The summed E-state index contributed by atoms with van der Waals surface area (Å²) in [6.45, 7) is 1.87. The van der Waals surface area contributed by atoms with Crippen LogP contribution in [-0.4, -0.2) is 33.2 Å². The van der Waals surface area contributed by atoms with E-state index in [0.717, 1.165) is 16.0 Å². The Labute approximate surface area is 209 Å². The lowest BCUT2D eigenvalue weighted by molar-refractivity contribution is -0.111. The molecule has 172 valence electrons. The first-order valence-electron chi connectivity index (χ1n) is 9.67. The number of esters is 1. The minimum atomic E-state index is -0.544. The van der Waals surface area contributed by atoms with E-state index < -0.39 is 11.9 Å². The van der Waals surface area contributed by atoms with Crippen molar-refractivity contribution < 1.29 is 23.8 Å². The molecule has 9 heteroatoms. The second-order valence-electron chi connectivity index (χ2n) is 6.80. The van der Waals surface area contributed by atoms with Gasteiger partial charge in [0.25, 0.3) is 0 Å². The largest absolute Gasteiger partial charge is 0.493 e. The van der Waals surface area contributed by atoms with E-state index in [2.05, 4.69) is 21.2 Å². The third-order valence-corrected chi connectivity index (χ3v) is 6.55. The van der Waals surface area contributed by atoms with Gasteiger partial charge in [0, 0.05) is 21.5 Å². The van der Waals surface area contributed by atoms with Gasteiger partial charge in [-0.05, 0) is 64.3 Å². The Balaban J connectivity index is 1.92. The number of rotatable bonds is 7. The van der Waals surface area contributed by atoms with Crippen LogP contribution in [0.2, 0.25) is 5.02 Å². The van der Waals surface area contributed by atoms with Crippen LogP contribution in [0, 0.1) is 6.92 Å². The zero-order valence-corrected chi connectivity index (χ0v) is 21.5. The summed E-state index contributed by atoms with van der Waals surface area (Å²) in [5.41, 5.74) is 2.46. The molecule has 33 heavy (non-hydrogen) atoms. The van der Waals surface area contributed by atoms with Gasteiger partial charge in [0.2, 0.25) is 5.91 Å². The van der Waals surface area contributed by atoms with Crippen LogP contribution in [0.5, 0.6) is 11.5 Å². The van der Waals surface area contributed by atoms with Crippen LogP contribution >= 0.6 is 38.9 Å². The molecule has 0 saturated heterocycles. The standard InChI is InChI=1S/C24H21BrClNO5S/c1-13-20(15-6-5-7-16(26)12-15)21(24(29)32-4)23(33-13)27-19(28)9-8-14-10-17(25)22(31-3)18(11-14)30-2/h5-12H,1-4H3,(H,27,28)/b9-8+. The first-order valence-corrected chi connectivity index (χ1v) is 11.7. The van der Waals surface area contributed by atoms with Gasteiger partial charge < -0.3 is 19.5 Å². The highest BCUT2D eigenvalue weighted by Gasteiger charge is 2.25. The van der Waals surface area contributed by atoms with Gasteiger partial charge >= 0.3 is 5.97 Å². The number of carbonyl (C=O) groups excluding carboxylic acids is 2. The van der Waals surface area contributed by atoms with Crippen molar-refractivity contribution in [3.05, 3.63) is 68.0 Å². The Bertz CT molecular complexity index is 1240. The molecule has 0 aliphatic heterocycles. The summed E-state index contributed by atoms with van der Waals surface area (Å²) < 4.78 is 16.3. The maximum atomic E-state index is 12.7. The van der Waals surface area contributed by atoms with Crippen molar-refractivity contribution in [3.63, 3.8) is 0 Å². The van der Waals surface area contributed by atoms with Crippen molar-refractivity contribution in [2.75, 3.05) is 26.6 Å². The number of benzene rings is 2. The number of anilines is 1. The highest BCUT2D eigenvalue weighted by atomic mass is 79.9. The molecule has 1 N–H and O–H groups in total. The Kier molecular flexibility index (Phi) is 8.18. The molecule has 0 saturated carbocycles. The third kappa shape index (κ3) is 5.58. The molecule has 1 amide bonds. The number of amides is 1. The lowest BCUT2D eigenvalue weighted by atomic mass is 10.0. The van der Waals surface area contributed by atoms with E-state index in [9.17, 15) is 9.59 Å². The number of aryl methyl sites for hydroxylation is 1. The normalized spacial score (nSPS) is 10.8. The van der Waals surface area contributed by atoms with E-state index >= 15 is 0 Å². The molecule has 2 aromatic carbocycles. The molecule has 0 bridgehead atoms. The van der Waals surface area contributed by atoms with Gasteiger partial charge in [-0.15, -0.1) is 11.3 Å². The molecule has 3 rings (SSSR count). The molecular weight excluding hydrogens is 530 g/mol. The maximum absolute atomic E-state index is 12.7. The smallest absolute Gasteiger partial charge is 0.341 e. The molecule has 0 aliphatic carbocycles. The van der Waals surface area contributed by atoms with Crippen LogP contribution in [0.25, 0.3) is 17.2 Å². The summed E-state index contributed by atoms with van der Waals surface area (Å²) >= 11 is 10.9. The van der Waals surface area contributed by atoms with Gasteiger partial charge in [-0.2, -0.15) is 0 Å². The zero-order chi connectivity index (χ0) is 24.1. The van der Waals surface area contributed by atoms with Crippen molar-refractivity contribution in [1.82, 2.24) is 0 Å². The quantitative estimate of drug-likeness (QED) is 0.265. The number of halogens is 2. The van der Waals surface area contributed by atoms with Crippen molar-refractivity contribution in [1.29, 1.82) is 0 Å². The fourth-order valence-electron chi connectivity index (χ4n) is 3.28. The lowest BCUT2D eigenvalue weighted by Gasteiger charge is -2.10. The van der Waals surface area contributed by atoms with Crippen LogP contribution in [0.3, 0.4) is 0 Å². The number of nitrogens with one attached hydrogen (secondary N) is 1. The van der Waals surface area contributed by atoms with Crippen molar-refractivity contribution >= 4 is 61.8 Å². The second kappa shape index (κ2) is 10.9. The molecular formula is C24H21BrClNO5S. The zero-order valence-electron chi connectivity index (χ0n) is 18.3.